The first kappa shape index (κ1) is 20.7. The summed E-state index contributed by atoms with van der Waals surface area (Å²) in [7, 11) is 0. The largest absolute Gasteiger partial charge is 0.387 e. The molecule has 1 amide bonds. The predicted molar refractivity (Wildman–Crippen MR) is 109 cm³/mol. The van der Waals surface area contributed by atoms with Gasteiger partial charge in [0, 0.05) is 36.1 Å². The molecular formula is C20H25FN6O2. The van der Waals surface area contributed by atoms with Crippen molar-refractivity contribution in [2.24, 2.45) is 0 Å². The topological polar surface area (TPSA) is 105 Å². The minimum atomic E-state index is -1.59. The Morgan fingerprint density at radius 3 is 2.76 bits per heavy atom. The van der Waals surface area contributed by atoms with Crippen molar-refractivity contribution in [3.05, 3.63) is 42.6 Å². The highest BCUT2D eigenvalue weighted by Gasteiger charge is 2.27. The number of pyridine rings is 1. The average molecular weight is 400 g/mol. The van der Waals surface area contributed by atoms with E-state index in [0.29, 0.717) is 17.2 Å². The lowest BCUT2D eigenvalue weighted by molar-refractivity contribution is -0.00177. The molecule has 0 aromatic carbocycles. The number of hydrogen-bond donors (Lipinski definition) is 3. The molecule has 8 nitrogen and oxygen atoms in total. The summed E-state index contributed by atoms with van der Waals surface area (Å²) in [6, 6.07) is 3.69. The number of nitrogens with zero attached hydrogens (tertiary/aromatic N) is 4. The Balaban J connectivity index is 1.91. The second-order valence-corrected chi connectivity index (χ2v) is 7.71. The van der Waals surface area contributed by atoms with Crippen molar-refractivity contribution < 1.29 is 14.3 Å². The Bertz CT molecular complexity index is 1010. The number of fused-ring (bicyclic) bond motifs is 1. The highest BCUT2D eigenvalue weighted by atomic mass is 19.1. The fourth-order valence-electron chi connectivity index (χ4n) is 2.78. The number of aliphatic hydroxyl groups is 1. The summed E-state index contributed by atoms with van der Waals surface area (Å²) in [5, 5.41) is 16.3. The summed E-state index contributed by atoms with van der Waals surface area (Å²) < 4.78 is 15.8. The number of rotatable bonds is 7. The number of alkyl halides is 1. The molecular weight excluding hydrogens is 375 g/mol. The van der Waals surface area contributed by atoms with Crippen molar-refractivity contribution in [3.63, 3.8) is 0 Å². The summed E-state index contributed by atoms with van der Waals surface area (Å²) >= 11 is 0. The van der Waals surface area contributed by atoms with Crippen LogP contribution < -0.4 is 10.6 Å². The van der Waals surface area contributed by atoms with Crippen molar-refractivity contribution in [1.82, 2.24) is 24.8 Å². The molecule has 0 saturated carbocycles. The molecule has 0 saturated heterocycles. The van der Waals surface area contributed by atoms with E-state index in [2.05, 4.69) is 25.6 Å². The fraction of sp³-hybridized carbons (Fsp3) is 0.400. The molecule has 0 spiro atoms. The van der Waals surface area contributed by atoms with Gasteiger partial charge >= 0.3 is 0 Å². The fourth-order valence-corrected chi connectivity index (χ4v) is 2.78. The van der Waals surface area contributed by atoms with Gasteiger partial charge in [-0.2, -0.15) is 0 Å². The van der Waals surface area contributed by atoms with Crippen LogP contribution in [0.4, 0.5) is 10.1 Å². The summed E-state index contributed by atoms with van der Waals surface area (Å²) in [5.74, 6) is 0.108. The molecule has 0 bridgehead atoms. The van der Waals surface area contributed by atoms with Gasteiger partial charge in [-0.3, -0.25) is 9.36 Å². The van der Waals surface area contributed by atoms with Gasteiger partial charge in [0.15, 0.2) is 0 Å². The number of nitrogens with one attached hydrogen (secondary N) is 2. The first-order valence-electron chi connectivity index (χ1n) is 9.35. The van der Waals surface area contributed by atoms with Crippen molar-refractivity contribution in [2.45, 2.75) is 45.5 Å². The molecule has 0 fully saturated rings. The zero-order valence-electron chi connectivity index (χ0n) is 16.8. The summed E-state index contributed by atoms with van der Waals surface area (Å²) in [6.07, 6.45) is 4.86. The molecule has 0 radical (unpaired) electrons. The molecule has 3 aromatic heterocycles. The Kier molecular flexibility index (Phi) is 5.78. The zero-order chi connectivity index (χ0) is 21.2. The van der Waals surface area contributed by atoms with Crippen LogP contribution in [0.2, 0.25) is 0 Å². The van der Waals surface area contributed by atoms with Crippen LogP contribution in [0.15, 0.2) is 37.1 Å². The van der Waals surface area contributed by atoms with Crippen LogP contribution in [0.1, 0.15) is 38.1 Å². The van der Waals surface area contributed by atoms with Gasteiger partial charge in [-0.1, -0.05) is 0 Å². The predicted octanol–water partition coefficient (Wildman–Crippen LogP) is 2.47. The molecule has 29 heavy (non-hydrogen) atoms. The number of anilines is 1. The van der Waals surface area contributed by atoms with Gasteiger partial charge < -0.3 is 15.7 Å². The van der Waals surface area contributed by atoms with E-state index in [0.717, 1.165) is 5.39 Å². The maximum atomic E-state index is 14.0. The van der Waals surface area contributed by atoms with Gasteiger partial charge in [0.25, 0.3) is 5.91 Å². The number of carbonyl (C=O) groups excluding carboxylic acids is 1. The molecule has 1 atom stereocenters. The van der Waals surface area contributed by atoms with Gasteiger partial charge in [0.05, 0.1) is 23.4 Å². The van der Waals surface area contributed by atoms with Gasteiger partial charge in [0.1, 0.15) is 24.0 Å². The average Bonchev–Trinajstić information content (AvgIpc) is 3.08. The van der Waals surface area contributed by atoms with Gasteiger partial charge in [-0.15, -0.1) is 0 Å². The third-order valence-corrected chi connectivity index (χ3v) is 4.38. The van der Waals surface area contributed by atoms with Crippen LogP contribution in [-0.2, 0) is 0 Å². The van der Waals surface area contributed by atoms with Crippen LogP contribution in [0, 0.1) is 0 Å². The smallest absolute Gasteiger partial charge is 0.255 e. The lowest BCUT2D eigenvalue weighted by Crippen LogP contribution is -2.42. The maximum Gasteiger partial charge on any atom is 0.255 e. The normalized spacial score (nSPS) is 12.9. The van der Waals surface area contributed by atoms with Crippen molar-refractivity contribution in [2.75, 3.05) is 11.9 Å². The molecule has 0 aliphatic carbocycles. The van der Waals surface area contributed by atoms with Gasteiger partial charge in [-0.05, 0) is 33.8 Å². The Morgan fingerprint density at radius 2 is 2.07 bits per heavy atom. The van der Waals surface area contributed by atoms with E-state index in [9.17, 15) is 14.3 Å². The minimum Gasteiger partial charge on any atom is -0.387 e. The highest BCUT2D eigenvalue weighted by molar-refractivity contribution is 5.99. The molecule has 3 heterocycles. The van der Waals surface area contributed by atoms with E-state index in [1.807, 2.05) is 26.1 Å². The van der Waals surface area contributed by atoms with Crippen LogP contribution in [0.25, 0.3) is 16.9 Å². The van der Waals surface area contributed by atoms with E-state index in [1.54, 1.807) is 16.8 Å². The molecule has 3 aromatic rings. The van der Waals surface area contributed by atoms with E-state index >= 15 is 0 Å². The second-order valence-electron chi connectivity index (χ2n) is 7.71. The van der Waals surface area contributed by atoms with Crippen molar-refractivity contribution >= 4 is 22.6 Å². The molecule has 3 rings (SSSR count). The lowest BCUT2D eigenvalue weighted by Gasteiger charge is -2.23. The van der Waals surface area contributed by atoms with Crippen LogP contribution >= 0.6 is 0 Å². The second kappa shape index (κ2) is 8.12. The standard InChI is InChI=1S/C20H25FN6O2/c1-12(2)26-15-7-17(27-6-5-13-8-22-11-25-18(13)27)23-9-14(15)19(28)24-10-16(21)20(3,4)29/h5-9,11-12,16,29H,10H2,1-4H3,(H,23,26)(H,24,28). The number of aromatic nitrogens is 4. The summed E-state index contributed by atoms with van der Waals surface area (Å²) in [4.78, 5) is 25.3. The van der Waals surface area contributed by atoms with E-state index in [-0.39, 0.29) is 18.2 Å². The third kappa shape index (κ3) is 4.68. The number of hydrogen-bond acceptors (Lipinski definition) is 6. The SMILES string of the molecule is CC(C)Nc1cc(-n2ccc3cncnc32)ncc1C(=O)NCC(F)C(C)(C)O. The quantitative estimate of drug-likeness (QED) is 0.563. The van der Waals surface area contributed by atoms with Crippen molar-refractivity contribution in [1.29, 1.82) is 0 Å². The van der Waals surface area contributed by atoms with Gasteiger partial charge in [0.2, 0.25) is 0 Å². The minimum absolute atomic E-state index is 0.0610. The number of halogens is 1. The Labute approximate surface area is 168 Å². The zero-order valence-corrected chi connectivity index (χ0v) is 16.8. The number of carbonyl (C=O) groups is 1. The molecule has 3 N–H and O–H groups in total. The molecule has 1 unspecified atom stereocenters. The molecule has 154 valence electrons. The highest BCUT2D eigenvalue weighted by Crippen LogP contribution is 2.22. The molecule has 0 aliphatic rings. The van der Waals surface area contributed by atoms with Crippen LogP contribution in [0.3, 0.4) is 0 Å². The summed E-state index contributed by atoms with van der Waals surface area (Å²) in [5.41, 5.74) is 0.0188. The molecule has 0 aliphatic heterocycles. The Hall–Kier alpha value is -3.07. The first-order chi connectivity index (χ1) is 13.7. The third-order valence-electron chi connectivity index (χ3n) is 4.38. The Morgan fingerprint density at radius 1 is 1.31 bits per heavy atom. The lowest BCUT2D eigenvalue weighted by atomic mass is 10.0. The van der Waals surface area contributed by atoms with E-state index in [4.69, 9.17) is 0 Å². The number of amides is 1. The maximum absolute atomic E-state index is 14.0. The molecule has 9 heteroatoms. The van der Waals surface area contributed by atoms with Crippen LogP contribution in [0.5, 0.6) is 0 Å². The van der Waals surface area contributed by atoms with Crippen molar-refractivity contribution in [3.8, 4) is 5.82 Å². The summed E-state index contributed by atoms with van der Waals surface area (Å²) in [6.45, 7) is 6.32. The monoisotopic (exact) mass is 400 g/mol. The van der Waals surface area contributed by atoms with Gasteiger partial charge in [-0.25, -0.2) is 19.3 Å². The van der Waals surface area contributed by atoms with E-state index < -0.39 is 17.7 Å². The first-order valence-corrected chi connectivity index (χ1v) is 9.35. The van der Waals surface area contributed by atoms with E-state index in [1.165, 1.54) is 26.4 Å². The van der Waals surface area contributed by atoms with Crippen LogP contribution in [-0.4, -0.2) is 54.9 Å².